The number of imide groups is 1. The molecule has 1 saturated heterocycles. The summed E-state index contributed by atoms with van der Waals surface area (Å²) in [4.78, 5) is 35.8. The minimum atomic E-state index is -0.383. The van der Waals surface area contributed by atoms with Gasteiger partial charge in [-0.3, -0.25) is 4.79 Å². The van der Waals surface area contributed by atoms with E-state index in [1.165, 1.54) is 6.07 Å². The van der Waals surface area contributed by atoms with Crippen molar-refractivity contribution in [1.82, 2.24) is 25.7 Å². The first-order chi connectivity index (χ1) is 9.63. The second-order valence-electron chi connectivity index (χ2n) is 4.98. The molecule has 3 N–H and O–H groups in total. The number of carbonyl (C=O) groups is 2. The van der Waals surface area contributed by atoms with E-state index in [0.29, 0.717) is 25.9 Å². The summed E-state index contributed by atoms with van der Waals surface area (Å²) >= 11 is 0. The van der Waals surface area contributed by atoms with E-state index in [1.807, 2.05) is 0 Å². The van der Waals surface area contributed by atoms with Crippen molar-refractivity contribution < 1.29 is 9.59 Å². The number of nitrogens with zero attached hydrogens (tertiary/aromatic N) is 2. The largest absolute Gasteiger partial charge is 0.336 e. The summed E-state index contributed by atoms with van der Waals surface area (Å²) in [6.45, 7) is 0.869. The Morgan fingerprint density at radius 2 is 2.30 bits per heavy atom. The molecule has 8 nitrogen and oxygen atoms in total. The average molecular weight is 277 g/mol. The Bertz CT molecular complexity index is 611. The number of aryl methyl sites for hydroxylation is 1. The lowest BCUT2D eigenvalue weighted by molar-refractivity contribution is 0.195. The summed E-state index contributed by atoms with van der Waals surface area (Å²) in [5, 5.41) is 11.8. The van der Waals surface area contributed by atoms with Crippen molar-refractivity contribution in [2.45, 2.75) is 25.3 Å². The lowest BCUT2D eigenvalue weighted by atomic mass is 9.92. The third-order valence-corrected chi connectivity index (χ3v) is 3.60. The number of fused-ring (bicyclic) bond motifs is 1. The zero-order chi connectivity index (χ0) is 14.1. The Labute approximate surface area is 114 Å². The van der Waals surface area contributed by atoms with E-state index in [4.69, 9.17) is 0 Å². The summed E-state index contributed by atoms with van der Waals surface area (Å²) in [7, 11) is 0. The lowest BCUT2D eigenvalue weighted by Gasteiger charge is -2.25. The van der Waals surface area contributed by atoms with Crippen LogP contribution in [0.3, 0.4) is 0 Å². The fourth-order valence-electron chi connectivity index (χ4n) is 2.58. The van der Waals surface area contributed by atoms with Gasteiger partial charge in [0, 0.05) is 25.2 Å². The molecule has 106 valence electrons. The summed E-state index contributed by atoms with van der Waals surface area (Å²) in [6.07, 6.45) is 2.00. The number of hydrogen-bond donors (Lipinski definition) is 3. The van der Waals surface area contributed by atoms with Gasteiger partial charge in [0.1, 0.15) is 0 Å². The molecule has 0 bridgehead atoms. The van der Waals surface area contributed by atoms with Crippen LogP contribution in [0.15, 0.2) is 10.9 Å². The van der Waals surface area contributed by atoms with Crippen molar-refractivity contribution in [3.8, 4) is 0 Å². The molecule has 1 aromatic heterocycles. The van der Waals surface area contributed by atoms with E-state index in [9.17, 15) is 14.4 Å². The molecule has 2 heterocycles. The van der Waals surface area contributed by atoms with Crippen molar-refractivity contribution in [1.29, 1.82) is 0 Å². The van der Waals surface area contributed by atoms with Crippen molar-refractivity contribution in [2.24, 2.45) is 0 Å². The van der Waals surface area contributed by atoms with Crippen molar-refractivity contribution in [3.63, 3.8) is 0 Å². The highest BCUT2D eigenvalue weighted by Gasteiger charge is 2.29. The Morgan fingerprint density at radius 1 is 1.45 bits per heavy atom. The monoisotopic (exact) mass is 277 g/mol. The van der Waals surface area contributed by atoms with Crippen LogP contribution in [0.4, 0.5) is 9.59 Å². The van der Waals surface area contributed by atoms with Gasteiger partial charge in [0.15, 0.2) is 0 Å². The predicted octanol–water partition coefficient (Wildman–Crippen LogP) is -0.638. The summed E-state index contributed by atoms with van der Waals surface area (Å²) in [5.41, 5.74) is 1.49. The van der Waals surface area contributed by atoms with Gasteiger partial charge in [-0.1, -0.05) is 0 Å². The Morgan fingerprint density at radius 3 is 3.05 bits per heavy atom. The van der Waals surface area contributed by atoms with Crippen LogP contribution in [0.25, 0.3) is 0 Å². The second kappa shape index (κ2) is 4.95. The molecule has 0 saturated carbocycles. The van der Waals surface area contributed by atoms with Crippen LogP contribution in [0, 0.1) is 0 Å². The topological polar surface area (TPSA) is 107 Å². The molecular weight excluding hydrogens is 262 g/mol. The first-order valence-electron chi connectivity index (χ1n) is 6.57. The van der Waals surface area contributed by atoms with Gasteiger partial charge in [-0.25, -0.2) is 19.6 Å². The van der Waals surface area contributed by atoms with Crippen molar-refractivity contribution in [3.05, 3.63) is 27.7 Å². The molecule has 4 amide bonds. The fourth-order valence-corrected chi connectivity index (χ4v) is 2.58. The summed E-state index contributed by atoms with van der Waals surface area (Å²) in [5.74, 6) is 0. The molecule has 8 heteroatoms. The number of aromatic nitrogens is 2. The molecule has 1 unspecified atom stereocenters. The highest BCUT2D eigenvalue weighted by molar-refractivity contribution is 5.95. The van der Waals surface area contributed by atoms with E-state index in [1.54, 1.807) is 0 Å². The summed E-state index contributed by atoms with van der Waals surface area (Å²) in [6, 6.07) is 0.693. The van der Waals surface area contributed by atoms with Gasteiger partial charge in [0.05, 0.1) is 5.69 Å². The van der Waals surface area contributed by atoms with Gasteiger partial charge in [0.25, 0.3) is 5.56 Å². The molecule has 0 aromatic carbocycles. The van der Waals surface area contributed by atoms with E-state index in [2.05, 4.69) is 20.8 Å². The normalized spacial score (nSPS) is 21.3. The van der Waals surface area contributed by atoms with Crippen LogP contribution in [0.1, 0.15) is 17.7 Å². The highest BCUT2D eigenvalue weighted by atomic mass is 16.2. The number of hydrogen-bond acceptors (Lipinski definition) is 4. The van der Waals surface area contributed by atoms with Gasteiger partial charge in [-0.15, -0.1) is 0 Å². The van der Waals surface area contributed by atoms with Crippen molar-refractivity contribution in [2.75, 3.05) is 13.1 Å². The molecule has 1 aromatic rings. The molecule has 1 aliphatic heterocycles. The molecule has 20 heavy (non-hydrogen) atoms. The maximum atomic E-state index is 12.0. The van der Waals surface area contributed by atoms with E-state index >= 15 is 0 Å². The van der Waals surface area contributed by atoms with Gasteiger partial charge >= 0.3 is 12.1 Å². The van der Waals surface area contributed by atoms with E-state index in [-0.39, 0.29) is 23.7 Å². The Balaban J connectivity index is 1.67. The Kier molecular flexibility index (Phi) is 3.13. The second-order valence-corrected chi connectivity index (χ2v) is 4.98. The van der Waals surface area contributed by atoms with Crippen LogP contribution in [0.2, 0.25) is 0 Å². The highest BCUT2D eigenvalue weighted by Crippen LogP contribution is 2.17. The molecule has 1 fully saturated rings. The van der Waals surface area contributed by atoms with Crippen molar-refractivity contribution >= 4 is 12.1 Å². The van der Waals surface area contributed by atoms with E-state index in [0.717, 1.165) is 22.6 Å². The fraction of sp³-hybridized carbons (Fsp3) is 0.500. The molecule has 0 radical (unpaired) electrons. The SMILES string of the molecule is O=C1NCCN1C(=O)NC1CCc2n[nH]c(=O)cc2C1. The number of rotatable bonds is 1. The number of aromatic amines is 1. The van der Waals surface area contributed by atoms with Crippen LogP contribution in [-0.2, 0) is 12.8 Å². The number of H-pyrrole nitrogens is 1. The predicted molar refractivity (Wildman–Crippen MR) is 69.3 cm³/mol. The molecule has 1 aliphatic carbocycles. The van der Waals surface area contributed by atoms with Crippen LogP contribution >= 0.6 is 0 Å². The van der Waals surface area contributed by atoms with Gasteiger partial charge in [-0.2, -0.15) is 5.10 Å². The smallest absolute Gasteiger partial charge is 0.325 e. The summed E-state index contributed by atoms with van der Waals surface area (Å²) < 4.78 is 0. The molecular formula is C12H15N5O3. The van der Waals surface area contributed by atoms with E-state index < -0.39 is 0 Å². The van der Waals surface area contributed by atoms with Gasteiger partial charge in [-0.05, 0) is 24.8 Å². The molecule has 2 aliphatic rings. The maximum absolute atomic E-state index is 12.0. The Hall–Kier alpha value is -2.38. The quantitative estimate of drug-likeness (QED) is 0.634. The van der Waals surface area contributed by atoms with Crippen LogP contribution in [-0.4, -0.2) is 46.3 Å². The number of nitrogens with one attached hydrogen (secondary N) is 3. The lowest BCUT2D eigenvalue weighted by Crippen LogP contribution is -2.48. The molecule has 1 atom stereocenters. The van der Waals surface area contributed by atoms with Gasteiger partial charge < -0.3 is 10.6 Å². The first-order valence-corrected chi connectivity index (χ1v) is 6.57. The number of carbonyl (C=O) groups excluding carboxylic acids is 2. The van der Waals surface area contributed by atoms with Crippen LogP contribution in [0.5, 0.6) is 0 Å². The number of amides is 4. The zero-order valence-electron chi connectivity index (χ0n) is 10.8. The number of urea groups is 2. The third-order valence-electron chi connectivity index (χ3n) is 3.60. The van der Waals surface area contributed by atoms with Gasteiger partial charge in [0.2, 0.25) is 0 Å². The minimum absolute atomic E-state index is 0.0769. The molecule has 3 rings (SSSR count). The minimum Gasteiger partial charge on any atom is -0.336 e. The van der Waals surface area contributed by atoms with Crippen LogP contribution < -0.4 is 16.2 Å². The average Bonchev–Trinajstić information content (AvgIpc) is 2.84. The standard InChI is InChI=1S/C12H15N5O3/c18-10-6-7-5-8(1-2-9(7)15-16-10)14-12(20)17-4-3-13-11(17)19/h6,8H,1-5H2,(H,13,19)(H,14,20)(H,16,18). The third kappa shape index (κ3) is 2.36. The first kappa shape index (κ1) is 12.6. The maximum Gasteiger partial charge on any atom is 0.325 e. The molecule has 0 spiro atoms. The zero-order valence-corrected chi connectivity index (χ0v) is 10.8.